The molecule has 0 radical (unpaired) electrons. The second kappa shape index (κ2) is 5.99. The van der Waals surface area contributed by atoms with Gasteiger partial charge in [0.2, 0.25) is 0 Å². The van der Waals surface area contributed by atoms with Gasteiger partial charge in [-0.15, -0.1) is 0 Å². The molecule has 0 aliphatic carbocycles. The van der Waals surface area contributed by atoms with Crippen molar-refractivity contribution >= 4 is 34.2 Å². The van der Waals surface area contributed by atoms with Crippen molar-refractivity contribution in [1.29, 1.82) is 0 Å². The van der Waals surface area contributed by atoms with Gasteiger partial charge in [-0.1, -0.05) is 11.6 Å². The van der Waals surface area contributed by atoms with Crippen molar-refractivity contribution in [2.45, 2.75) is 6.73 Å². The summed E-state index contributed by atoms with van der Waals surface area (Å²) in [6.07, 6.45) is 3.36. The highest BCUT2D eigenvalue weighted by atomic mass is 35.5. The van der Waals surface area contributed by atoms with Gasteiger partial charge in [-0.05, 0) is 42.5 Å². The molecule has 120 valence electrons. The van der Waals surface area contributed by atoms with Crippen molar-refractivity contribution in [3.8, 4) is 11.3 Å². The van der Waals surface area contributed by atoms with Gasteiger partial charge < -0.3 is 14.8 Å². The number of halogens is 1. The lowest BCUT2D eigenvalue weighted by atomic mass is 10.2. The molecule has 2 aromatic heterocycles. The topological polar surface area (TPSA) is 76.1 Å². The third-order valence-corrected chi connectivity index (χ3v) is 3.91. The van der Waals surface area contributed by atoms with Gasteiger partial charge >= 0.3 is 0 Å². The molecule has 2 heterocycles. The number of hydrogen-bond donors (Lipinski definition) is 2. The van der Waals surface area contributed by atoms with Crippen LogP contribution in [-0.2, 0) is 6.73 Å². The van der Waals surface area contributed by atoms with E-state index in [0.717, 1.165) is 22.2 Å². The summed E-state index contributed by atoms with van der Waals surface area (Å²) >= 11 is 5.89. The smallest absolute Gasteiger partial charge is 0.299 e. The number of benzene rings is 2. The van der Waals surface area contributed by atoms with Gasteiger partial charge in [-0.25, -0.2) is 9.67 Å². The highest BCUT2D eigenvalue weighted by molar-refractivity contribution is 6.30. The van der Waals surface area contributed by atoms with E-state index >= 15 is 0 Å². The Morgan fingerprint density at radius 2 is 1.96 bits per heavy atom. The van der Waals surface area contributed by atoms with Crippen LogP contribution in [-0.4, -0.2) is 19.9 Å². The Bertz CT molecular complexity index is 991. The fraction of sp³-hybridized carbons (Fsp3) is 0.0588. The predicted molar refractivity (Wildman–Crippen MR) is 92.2 cm³/mol. The largest absolute Gasteiger partial charge is 0.423 e. The van der Waals surface area contributed by atoms with Crippen LogP contribution in [0.5, 0.6) is 0 Å². The zero-order chi connectivity index (χ0) is 16.5. The Morgan fingerprint density at radius 1 is 1.12 bits per heavy atom. The first-order chi connectivity index (χ1) is 11.7. The van der Waals surface area contributed by atoms with E-state index in [0.29, 0.717) is 16.8 Å². The normalized spacial score (nSPS) is 11.1. The Balaban J connectivity index is 1.58. The number of nitrogens with one attached hydrogen (secondary N) is 1. The Morgan fingerprint density at radius 3 is 2.75 bits per heavy atom. The van der Waals surface area contributed by atoms with Gasteiger partial charge in [-0.2, -0.15) is 5.10 Å². The van der Waals surface area contributed by atoms with Crippen molar-refractivity contribution in [2.75, 3.05) is 5.32 Å². The van der Waals surface area contributed by atoms with Crippen LogP contribution in [0.4, 0.5) is 11.7 Å². The number of aliphatic hydroxyl groups is 1. The van der Waals surface area contributed by atoms with E-state index in [1.54, 1.807) is 24.5 Å². The van der Waals surface area contributed by atoms with Crippen LogP contribution in [0.25, 0.3) is 22.2 Å². The summed E-state index contributed by atoms with van der Waals surface area (Å²) in [6.45, 7) is -0.152. The Kier molecular flexibility index (Phi) is 3.68. The number of fused-ring (bicyclic) bond motifs is 1. The minimum Gasteiger partial charge on any atom is -0.423 e. The summed E-state index contributed by atoms with van der Waals surface area (Å²) in [5.41, 5.74) is 2.58. The molecular formula is C17H13ClN4O2. The first-order valence-electron chi connectivity index (χ1n) is 7.28. The van der Waals surface area contributed by atoms with Crippen LogP contribution in [0.1, 0.15) is 0 Å². The summed E-state index contributed by atoms with van der Waals surface area (Å²) < 4.78 is 7.24. The number of anilines is 2. The first-order valence-corrected chi connectivity index (χ1v) is 7.66. The van der Waals surface area contributed by atoms with Crippen molar-refractivity contribution < 1.29 is 9.52 Å². The second-order valence-corrected chi connectivity index (χ2v) is 5.66. The molecule has 0 atom stereocenters. The molecule has 0 aliphatic heterocycles. The quantitative estimate of drug-likeness (QED) is 0.586. The number of rotatable bonds is 4. The van der Waals surface area contributed by atoms with Crippen molar-refractivity contribution in [3.63, 3.8) is 0 Å². The molecule has 0 fully saturated rings. The van der Waals surface area contributed by atoms with Crippen LogP contribution in [0.15, 0.2) is 59.3 Å². The van der Waals surface area contributed by atoms with Crippen molar-refractivity contribution in [1.82, 2.24) is 14.8 Å². The summed E-state index contributed by atoms with van der Waals surface area (Å²) in [6, 6.07) is 13.4. The molecular weight excluding hydrogens is 328 g/mol. The molecule has 0 saturated carbocycles. The minimum absolute atomic E-state index is 0.152. The molecule has 0 unspecified atom stereocenters. The molecule has 0 bridgehead atoms. The summed E-state index contributed by atoms with van der Waals surface area (Å²) in [7, 11) is 0. The van der Waals surface area contributed by atoms with Gasteiger partial charge in [0.15, 0.2) is 5.76 Å². The third-order valence-electron chi connectivity index (χ3n) is 3.66. The van der Waals surface area contributed by atoms with Crippen LogP contribution >= 0.6 is 11.6 Å². The second-order valence-electron chi connectivity index (χ2n) is 5.22. The van der Waals surface area contributed by atoms with E-state index in [1.807, 2.05) is 30.3 Å². The average Bonchev–Trinajstić information content (AvgIpc) is 3.22. The van der Waals surface area contributed by atoms with E-state index in [2.05, 4.69) is 15.4 Å². The molecule has 4 rings (SSSR count). The molecule has 4 aromatic rings. The zero-order valence-corrected chi connectivity index (χ0v) is 13.2. The SMILES string of the molecule is OCn1ncc2cc(Nc3ncc(-c4ccc(Cl)cc4)o3)ccc21. The zero-order valence-electron chi connectivity index (χ0n) is 12.5. The number of hydrogen-bond acceptors (Lipinski definition) is 5. The maximum Gasteiger partial charge on any atom is 0.299 e. The molecule has 0 saturated heterocycles. The fourth-order valence-corrected chi connectivity index (χ4v) is 2.61. The van der Waals surface area contributed by atoms with Crippen LogP contribution < -0.4 is 5.32 Å². The molecule has 2 N–H and O–H groups in total. The highest BCUT2D eigenvalue weighted by Crippen LogP contribution is 2.27. The number of aliphatic hydroxyl groups excluding tert-OH is 1. The number of oxazole rings is 1. The minimum atomic E-state index is -0.152. The molecule has 24 heavy (non-hydrogen) atoms. The lowest BCUT2D eigenvalue weighted by Gasteiger charge is -2.03. The highest BCUT2D eigenvalue weighted by Gasteiger charge is 2.08. The maximum absolute atomic E-state index is 9.21. The Hall–Kier alpha value is -2.83. The summed E-state index contributed by atoms with van der Waals surface area (Å²) in [5.74, 6) is 0.656. The summed E-state index contributed by atoms with van der Waals surface area (Å²) in [4.78, 5) is 4.24. The Labute approximate surface area is 142 Å². The predicted octanol–water partition coefficient (Wildman–Crippen LogP) is 4.04. The van der Waals surface area contributed by atoms with E-state index in [1.165, 1.54) is 4.68 Å². The van der Waals surface area contributed by atoms with E-state index in [-0.39, 0.29) is 6.73 Å². The maximum atomic E-state index is 9.21. The van der Waals surface area contributed by atoms with Gasteiger partial charge in [0.25, 0.3) is 6.01 Å². The monoisotopic (exact) mass is 340 g/mol. The first kappa shape index (κ1) is 14.7. The average molecular weight is 341 g/mol. The van der Waals surface area contributed by atoms with Crippen molar-refractivity contribution in [2.24, 2.45) is 0 Å². The van der Waals surface area contributed by atoms with Crippen LogP contribution in [0, 0.1) is 0 Å². The van der Waals surface area contributed by atoms with Gasteiger partial charge in [0, 0.05) is 21.7 Å². The molecule has 0 aliphatic rings. The molecule has 2 aromatic carbocycles. The molecule has 0 spiro atoms. The third kappa shape index (κ3) is 2.73. The molecule has 0 amide bonds. The van der Waals surface area contributed by atoms with E-state index in [9.17, 15) is 5.11 Å². The summed E-state index contributed by atoms with van der Waals surface area (Å²) in [5, 5.41) is 18.0. The number of nitrogens with zero attached hydrogens (tertiary/aromatic N) is 3. The van der Waals surface area contributed by atoms with Gasteiger partial charge in [-0.3, -0.25) is 0 Å². The molecule has 7 heteroatoms. The van der Waals surface area contributed by atoms with Gasteiger partial charge in [0.1, 0.15) is 6.73 Å². The van der Waals surface area contributed by atoms with E-state index in [4.69, 9.17) is 16.0 Å². The lowest BCUT2D eigenvalue weighted by molar-refractivity contribution is 0.200. The molecule has 6 nitrogen and oxygen atoms in total. The lowest BCUT2D eigenvalue weighted by Crippen LogP contribution is -1.97. The van der Waals surface area contributed by atoms with Crippen LogP contribution in [0.2, 0.25) is 5.02 Å². The van der Waals surface area contributed by atoms with Crippen molar-refractivity contribution in [3.05, 3.63) is 59.9 Å². The van der Waals surface area contributed by atoms with E-state index < -0.39 is 0 Å². The van der Waals surface area contributed by atoms with Crippen LogP contribution in [0.3, 0.4) is 0 Å². The standard InChI is InChI=1S/C17H13ClN4O2/c18-13-3-1-11(2-4-13)16-9-19-17(24-16)21-14-5-6-15-12(7-14)8-20-22(15)10-23/h1-9,23H,10H2,(H,19,21). The fourth-order valence-electron chi connectivity index (χ4n) is 2.48. The number of aromatic nitrogens is 3. The van der Waals surface area contributed by atoms with Gasteiger partial charge in [0.05, 0.1) is 17.9 Å².